The van der Waals surface area contributed by atoms with Crippen molar-refractivity contribution in [3.8, 4) is 0 Å². The molecule has 2 nitrogen and oxygen atoms in total. The first kappa shape index (κ1) is 13.7. The molecule has 0 radical (unpaired) electrons. The number of hydrogen-bond acceptors (Lipinski definition) is 2. The fourth-order valence-corrected chi connectivity index (χ4v) is 1.09. The van der Waals surface area contributed by atoms with Crippen LogP contribution in [-0.4, -0.2) is 30.5 Å². The van der Waals surface area contributed by atoms with Crippen molar-refractivity contribution in [3.63, 3.8) is 0 Å². The van der Waals surface area contributed by atoms with E-state index < -0.39 is 18.7 Å². The lowest BCUT2D eigenvalue weighted by Crippen LogP contribution is -2.27. The molecule has 0 aromatic heterocycles. The zero-order chi connectivity index (χ0) is 11.0. The second-order valence-electron chi connectivity index (χ2n) is 3.37. The van der Waals surface area contributed by atoms with Crippen LogP contribution >= 0.6 is 0 Å². The Hall–Kier alpha value is -0.290. The summed E-state index contributed by atoms with van der Waals surface area (Å²) < 4.78 is 35.1. The minimum Gasteiger partial charge on any atom is -0.392 e. The molecule has 0 saturated heterocycles. The van der Waals surface area contributed by atoms with E-state index in [9.17, 15) is 18.3 Å². The van der Waals surface area contributed by atoms with Gasteiger partial charge in [0.2, 0.25) is 0 Å². The van der Waals surface area contributed by atoms with Crippen molar-refractivity contribution >= 4 is 0 Å². The predicted molar refractivity (Wildman–Crippen MR) is 49.1 cm³/mol. The van der Waals surface area contributed by atoms with Gasteiger partial charge in [0.25, 0.3) is 0 Å². The largest absolute Gasteiger partial charge is 0.392 e. The van der Waals surface area contributed by atoms with Crippen LogP contribution in [-0.2, 0) is 0 Å². The minimum atomic E-state index is -4.10. The van der Waals surface area contributed by atoms with Crippen LogP contribution < -0.4 is 5.32 Å². The Morgan fingerprint density at radius 2 is 2.00 bits per heavy atom. The average molecular weight is 213 g/mol. The van der Waals surface area contributed by atoms with E-state index in [4.69, 9.17) is 0 Å². The maximum atomic E-state index is 11.7. The van der Waals surface area contributed by atoms with E-state index >= 15 is 0 Å². The highest BCUT2D eigenvalue weighted by molar-refractivity contribution is 4.61. The first-order valence-electron chi connectivity index (χ1n) is 4.91. The molecular formula is C9H18F3NO. The molecule has 0 aliphatic heterocycles. The van der Waals surface area contributed by atoms with Gasteiger partial charge in [-0.2, -0.15) is 13.2 Å². The Morgan fingerprint density at radius 1 is 1.36 bits per heavy atom. The van der Waals surface area contributed by atoms with Gasteiger partial charge in [0, 0.05) is 13.0 Å². The molecule has 0 aromatic rings. The molecular weight excluding hydrogens is 195 g/mol. The summed E-state index contributed by atoms with van der Waals surface area (Å²) in [4.78, 5) is 0. The smallest absolute Gasteiger partial charge is 0.389 e. The molecule has 14 heavy (non-hydrogen) atoms. The number of halogens is 3. The van der Waals surface area contributed by atoms with Crippen LogP contribution in [0.25, 0.3) is 0 Å². The first-order chi connectivity index (χ1) is 6.45. The van der Waals surface area contributed by atoms with Gasteiger partial charge in [-0.25, -0.2) is 0 Å². The molecule has 0 bridgehead atoms. The Balaban J connectivity index is 3.31. The molecule has 0 amide bonds. The first-order valence-corrected chi connectivity index (χ1v) is 4.91. The molecule has 86 valence electrons. The van der Waals surface area contributed by atoms with Crippen LogP contribution in [0.5, 0.6) is 0 Å². The van der Waals surface area contributed by atoms with E-state index in [0.717, 1.165) is 13.0 Å². The van der Waals surface area contributed by atoms with Gasteiger partial charge in [-0.3, -0.25) is 0 Å². The van der Waals surface area contributed by atoms with E-state index in [2.05, 4.69) is 5.32 Å². The molecule has 0 spiro atoms. The summed E-state index contributed by atoms with van der Waals surface area (Å²) in [5.41, 5.74) is 0. The molecule has 1 atom stereocenters. The third kappa shape index (κ3) is 9.80. The van der Waals surface area contributed by atoms with Gasteiger partial charge in [0.1, 0.15) is 0 Å². The number of aliphatic hydroxyl groups excluding tert-OH is 1. The van der Waals surface area contributed by atoms with E-state index in [0.29, 0.717) is 6.54 Å². The average Bonchev–Trinajstić information content (AvgIpc) is 2.02. The number of alkyl halides is 3. The summed E-state index contributed by atoms with van der Waals surface area (Å²) in [6.07, 6.45) is -4.41. The molecule has 0 heterocycles. The normalized spacial score (nSPS) is 14.4. The number of nitrogens with one attached hydrogen (secondary N) is 1. The van der Waals surface area contributed by atoms with E-state index in [1.165, 1.54) is 0 Å². The monoisotopic (exact) mass is 213 g/mol. The van der Waals surface area contributed by atoms with Crippen molar-refractivity contribution in [2.75, 3.05) is 13.1 Å². The Morgan fingerprint density at radius 3 is 2.50 bits per heavy atom. The van der Waals surface area contributed by atoms with Crippen molar-refractivity contribution in [2.24, 2.45) is 0 Å². The van der Waals surface area contributed by atoms with Crippen molar-refractivity contribution in [1.82, 2.24) is 5.32 Å². The quantitative estimate of drug-likeness (QED) is 0.634. The summed E-state index contributed by atoms with van der Waals surface area (Å²) >= 11 is 0. The van der Waals surface area contributed by atoms with Gasteiger partial charge < -0.3 is 10.4 Å². The number of aliphatic hydroxyl groups is 1. The zero-order valence-corrected chi connectivity index (χ0v) is 8.40. The zero-order valence-electron chi connectivity index (χ0n) is 8.40. The summed E-state index contributed by atoms with van der Waals surface area (Å²) in [6, 6.07) is 0. The van der Waals surface area contributed by atoms with E-state index in [-0.39, 0.29) is 12.8 Å². The third-order valence-electron chi connectivity index (χ3n) is 1.80. The summed E-state index contributed by atoms with van der Waals surface area (Å²) in [6.45, 7) is 3.16. The number of rotatable bonds is 7. The molecule has 5 heteroatoms. The van der Waals surface area contributed by atoms with Crippen LogP contribution in [0.4, 0.5) is 13.2 Å². The van der Waals surface area contributed by atoms with Gasteiger partial charge in [0.15, 0.2) is 0 Å². The lowest BCUT2D eigenvalue weighted by molar-refractivity contribution is -0.136. The van der Waals surface area contributed by atoms with Crippen molar-refractivity contribution in [2.45, 2.75) is 44.9 Å². The molecule has 1 unspecified atom stereocenters. The van der Waals surface area contributed by atoms with Crippen LogP contribution in [0, 0.1) is 0 Å². The molecule has 0 aliphatic carbocycles. The van der Waals surface area contributed by atoms with Crippen LogP contribution in [0.1, 0.15) is 32.6 Å². The maximum absolute atomic E-state index is 11.7. The second-order valence-corrected chi connectivity index (χ2v) is 3.37. The van der Waals surface area contributed by atoms with E-state index in [1.807, 2.05) is 6.92 Å². The Labute approximate surface area is 82.5 Å². The standard InChI is InChI=1S/C9H18F3NO/c1-2-6-13-7-8(14)4-3-5-9(10,11)12/h8,13-14H,2-7H2,1H3. The highest BCUT2D eigenvalue weighted by Crippen LogP contribution is 2.22. The molecule has 0 fully saturated rings. The molecule has 0 aliphatic rings. The van der Waals surface area contributed by atoms with Crippen molar-refractivity contribution < 1.29 is 18.3 Å². The summed E-state index contributed by atoms with van der Waals surface area (Å²) in [5.74, 6) is 0. The highest BCUT2D eigenvalue weighted by atomic mass is 19.4. The second kappa shape index (κ2) is 7.06. The number of hydrogen-bond donors (Lipinski definition) is 2. The van der Waals surface area contributed by atoms with Gasteiger partial charge >= 0.3 is 6.18 Å². The van der Waals surface area contributed by atoms with Crippen molar-refractivity contribution in [3.05, 3.63) is 0 Å². The lowest BCUT2D eigenvalue weighted by Gasteiger charge is -2.12. The predicted octanol–water partition coefficient (Wildman–Crippen LogP) is 2.08. The van der Waals surface area contributed by atoms with Crippen LogP contribution in [0.15, 0.2) is 0 Å². The van der Waals surface area contributed by atoms with Crippen molar-refractivity contribution in [1.29, 1.82) is 0 Å². The Bertz CT molecular complexity index is 139. The summed E-state index contributed by atoms with van der Waals surface area (Å²) in [5, 5.41) is 12.2. The molecule has 2 N–H and O–H groups in total. The van der Waals surface area contributed by atoms with Crippen LogP contribution in [0.2, 0.25) is 0 Å². The van der Waals surface area contributed by atoms with E-state index in [1.54, 1.807) is 0 Å². The fraction of sp³-hybridized carbons (Fsp3) is 1.00. The SMILES string of the molecule is CCCNCC(O)CCCC(F)(F)F. The van der Waals surface area contributed by atoms with Gasteiger partial charge in [-0.05, 0) is 25.8 Å². The molecule has 0 rings (SSSR count). The lowest BCUT2D eigenvalue weighted by atomic mass is 10.1. The summed E-state index contributed by atoms with van der Waals surface area (Å²) in [7, 11) is 0. The maximum Gasteiger partial charge on any atom is 0.389 e. The van der Waals surface area contributed by atoms with Gasteiger partial charge in [0.05, 0.1) is 6.10 Å². The minimum absolute atomic E-state index is 0.00152. The Kier molecular flexibility index (Phi) is 6.92. The topological polar surface area (TPSA) is 32.3 Å². The fourth-order valence-electron chi connectivity index (χ4n) is 1.09. The highest BCUT2D eigenvalue weighted by Gasteiger charge is 2.26. The van der Waals surface area contributed by atoms with Gasteiger partial charge in [-0.15, -0.1) is 0 Å². The third-order valence-corrected chi connectivity index (χ3v) is 1.80. The molecule has 0 saturated carbocycles. The van der Waals surface area contributed by atoms with Gasteiger partial charge in [-0.1, -0.05) is 6.92 Å². The van der Waals surface area contributed by atoms with Crippen LogP contribution in [0.3, 0.4) is 0 Å². The molecule has 0 aromatic carbocycles.